The van der Waals surface area contributed by atoms with Crippen molar-refractivity contribution in [1.82, 2.24) is 0 Å². The van der Waals surface area contributed by atoms with Crippen LogP contribution >= 0.6 is 11.3 Å². The maximum atomic E-state index is 11.7. The Hall–Kier alpha value is -1.65. The van der Waals surface area contributed by atoms with Gasteiger partial charge in [-0.25, -0.2) is 0 Å². The molecule has 0 saturated carbocycles. The molecule has 0 atom stereocenters. The first-order chi connectivity index (χ1) is 8.79. The third kappa shape index (κ3) is 3.42. The molecule has 0 aliphatic rings. The van der Waals surface area contributed by atoms with Crippen LogP contribution < -0.4 is 5.73 Å². The van der Waals surface area contributed by atoms with E-state index in [1.165, 1.54) is 0 Å². The monoisotopic (exact) mass is 261 g/mol. The number of hydrogen-bond acceptors (Lipinski definition) is 4. The molecule has 3 nitrogen and oxygen atoms in total. The predicted octanol–water partition coefficient (Wildman–Crippen LogP) is 2.49. The Labute approximate surface area is 110 Å². The Morgan fingerprint density at radius 1 is 1.17 bits per heavy atom. The van der Waals surface area contributed by atoms with Crippen molar-refractivity contribution in [2.24, 2.45) is 5.73 Å². The lowest BCUT2D eigenvalue weighted by Crippen LogP contribution is -2.10. The predicted molar refractivity (Wildman–Crippen MR) is 72.2 cm³/mol. The zero-order valence-electron chi connectivity index (χ0n) is 9.96. The largest absolute Gasteiger partial charge is 0.460 e. The molecule has 4 heteroatoms. The maximum absolute atomic E-state index is 11.7. The van der Waals surface area contributed by atoms with Crippen LogP contribution in [0.4, 0.5) is 0 Å². The third-order valence-electron chi connectivity index (χ3n) is 2.63. The molecule has 0 aliphatic carbocycles. The number of nitrogens with two attached hydrogens (primary N) is 1. The van der Waals surface area contributed by atoms with Crippen LogP contribution in [-0.4, -0.2) is 5.97 Å². The fourth-order valence-electron chi connectivity index (χ4n) is 1.68. The van der Waals surface area contributed by atoms with Crippen molar-refractivity contribution in [3.63, 3.8) is 0 Å². The maximum Gasteiger partial charge on any atom is 0.310 e. The Kier molecular flexibility index (Phi) is 4.50. The van der Waals surface area contributed by atoms with E-state index in [0.29, 0.717) is 13.2 Å². The minimum Gasteiger partial charge on any atom is -0.460 e. The zero-order chi connectivity index (χ0) is 12.8. The van der Waals surface area contributed by atoms with Crippen molar-refractivity contribution in [2.45, 2.75) is 19.6 Å². The van der Waals surface area contributed by atoms with Crippen LogP contribution in [0.15, 0.2) is 41.8 Å². The molecule has 0 amide bonds. The molecule has 0 unspecified atom stereocenters. The summed E-state index contributed by atoms with van der Waals surface area (Å²) >= 11 is 1.58. The Bertz CT molecular complexity index is 508. The molecule has 2 rings (SSSR count). The average molecular weight is 261 g/mol. The smallest absolute Gasteiger partial charge is 0.310 e. The van der Waals surface area contributed by atoms with Crippen LogP contribution in [0.5, 0.6) is 0 Å². The lowest BCUT2D eigenvalue weighted by atomic mass is 10.1. The third-order valence-corrected chi connectivity index (χ3v) is 3.48. The normalized spacial score (nSPS) is 10.3. The van der Waals surface area contributed by atoms with Crippen LogP contribution in [0.3, 0.4) is 0 Å². The molecule has 1 heterocycles. The van der Waals surface area contributed by atoms with Gasteiger partial charge in [-0.2, -0.15) is 0 Å². The first-order valence-electron chi connectivity index (χ1n) is 5.74. The summed E-state index contributed by atoms with van der Waals surface area (Å²) in [4.78, 5) is 12.8. The van der Waals surface area contributed by atoms with Gasteiger partial charge in [0.1, 0.15) is 6.61 Å². The molecule has 0 saturated heterocycles. The Morgan fingerprint density at radius 2 is 1.94 bits per heavy atom. The minimum atomic E-state index is -0.218. The topological polar surface area (TPSA) is 52.3 Å². The summed E-state index contributed by atoms with van der Waals surface area (Å²) in [6.07, 6.45) is 0.277. The molecule has 0 bridgehead atoms. The van der Waals surface area contributed by atoms with Crippen molar-refractivity contribution in [3.05, 3.63) is 57.8 Å². The summed E-state index contributed by atoms with van der Waals surface area (Å²) in [5.41, 5.74) is 7.56. The second-order valence-corrected chi connectivity index (χ2v) is 4.92. The number of ether oxygens (including phenoxy) is 1. The van der Waals surface area contributed by atoms with Gasteiger partial charge in [0.25, 0.3) is 0 Å². The van der Waals surface area contributed by atoms with Crippen LogP contribution in [0, 0.1) is 0 Å². The average Bonchev–Trinajstić information content (AvgIpc) is 2.90. The number of hydrogen-bond donors (Lipinski definition) is 1. The summed E-state index contributed by atoms with van der Waals surface area (Å²) in [7, 11) is 0. The lowest BCUT2D eigenvalue weighted by Gasteiger charge is -2.07. The summed E-state index contributed by atoms with van der Waals surface area (Å²) in [5, 5.41) is 1.97. The summed E-state index contributed by atoms with van der Waals surface area (Å²) in [5.74, 6) is -0.218. The van der Waals surface area contributed by atoms with Crippen LogP contribution in [0.1, 0.15) is 16.0 Å². The molecule has 0 fully saturated rings. The molecule has 1 aromatic heterocycles. The number of carbonyl (C=O) groups excluding carboxylic acids is 1. The van der Waals surface area contributed by atoms with E-state index in [1.807, 2.05) is 41.8 Å². The number of benzene rings is 1. The van der Waals surface area contributed by atoms with Crippen molar-refractivity contribution >= 4 is 17.3 Å². The standard InChI is InChI=1S/C14H15NO2S/c15-9-12-5-2-1-4-11(12)8-14(16)17-10-13-6-3-7-18-13/h1-7H,8-10,15H2. The van der Waals surface area contributed by atoms with Gasteiger partial charge in [-0.15, -0.1) is 11.3 Å². The van der Waals surface area contributed by atoms with Crippen molar-refractivity contribution in [1.29, 1.82) is 0 Å². The summed E-state index contributed by atoms with van der Waals surface area (Å²) in [6.45, 7) is 0.787. The molecule has 18 heavy (non-hydrogen) atoms. The van der Waals surface area contributed by atoms with Crippen molar-refractivity contribution in [3.8, 4) is 0 Å². The number of carbonyl (C=O) groups is 1. The van der Waals surface area contributed by atoms with Crippen LogP contribution in [0.2, 0.25) is 0 Å². The fraction of sp³-hybridized carbons (Fsp3) is 0.214. The second kappa shape index (κ2) is 6.33. The number of rotatable bonds is 5. The van der Waals surface area contributed by atoms with Gasteiger partial charge in [0.2, 0.25) is 0 Å². The molecule has 1 aromatic carbocycles. The number of thiophene rings is 1. The zero-order valence-corrected chi connectivity index (χ0v) is 10.8. The molecule has 2 N–H and O–H groups in total. The first kappa shape index (κ1) is 12.8. The van der Waals surface area contributed by atoms with E-state index < -0.39 is 0 Å². The molecule has 94 valence electrons. The second-order valence-electron chi connectivity index (χ2n) is 3.89. The highest BCUT2D eigenvalue weighted by molar-refractivity contribution is 7.09. The highest BCUT2D eigenvalue weighted by Crippen LogP contribution is 2.12. The Morgan fingerprint density at radius 3 is 2.61 bits per heavy atom. The van der Waals surface area contributed by atoms with Gasteiger partial charge >= 0.3 is 5.97 Å². The van der Waals surface area contributed by atoms with E-state index in [9.17, 15) is 4.79 Å². The van der Waals surface area contributed by atoms with Crippen LogP contribution in [-0.2, 0) is 29.1 Å². The molecule has 0 aliphatic heterocycles. The van der Waals surface area contributed by atoms with Gasteiger partial charge in [0.15, 0.2) is 0 Å². The molecule has 0 radical (unpaired) electrons. The highest BCUT2D eigenvalue weighted by Gasteiger charge is 2.08. The Balaban J connectivity index is 1.90. The van der Waals surface area contributed by atoms with Crippen LogP contribution in [0.25, 0.3) is 0 Å². The SMILES string of the molecule is NCc1ccccc1CC(=O)OCc1cccs1. The van der Waals surface area contributed by atoms with E-state index >= 15 is 0 Å². The van der Waals surface area contributed by atoms with Gasteiger partial charge < -0.3 is 10.5 Å². The molecular formula is C14H15NO2S. The van der Waals surface area contributed by atoms with Gasteiger partial charge in [0, 0.05) is 11.4 Å². The molecule has 2 aromatic rings. The molecular weight excluding hydrogens is 246 g/mol. The minimum absolute atomic E-state index is 0.218. The van der Waals surface area contributed by atoms with E-state index in [-0.39, 0.29) is 12.4 Å². The highest BCUT2D eigenvalue weighted by atomic mass is 32.1. The first-order valence-corrected chi connectivity index (χ1v) is 6.62. The number of esters is 1. The van der Waals surface area contributed by atoms with Crippen molar-refractivity contribution in [2.75, 3.05) is 0 Å². The quantitative estimate of drug-likeness (QED) is 0.841. The van der Waals surface area contributed by atoms with Gasteiger partial charge in [-0.1, -0.05) is 30.3 Å². The summed E-state index contributed by atoms with van der Waals surface area (Å²) in [6, 6.07) is 11.6. The molecule has 0 spiro atoms. The van der Waals surface area contributed by atoms with Gasteiger partial charge in [-0.05, 0) is 22.6 Å². The van der Waals surface area contributed by atoms with E-state index in [0.717, 1.165) is 16.0 Å². The van der Waals surface area contributed by atoms with Gasteiger partial charge in [0.05, 0.1) is 6.42 Å². The van der Waals surface area contributed by atoms with Crippen molar-refractivity contribution < 1.29 is 9.53 Å². The fourth-order valence-corrected chi connectivity index (χ4v) is 2.30. The van der Waals surface area contributed by atoms with E-state index in [1.54, 1.807) is 11.3 Å². The van der Waals surface area contributed by atoms with Gasteiger partial charge in [-0.3, -0.25) is 4.79 Å². The van der Waals surface area contributed by atoms with E-state index in [4.69, 9.17) is 10.5 Å². The summed E-state index contributed by atoms with van der Waals surface area (Å²) < 4.78 is 5.22. The van der Waals surface area contributed by atoms with E-state index in [2.05, 4.69) is 0 Å². The lowest BCUT2D eigenvalue weighted by molar-refractivity contribution is -0.144.